The Kier molecular flexibility index (Phi) is 5.38. The quantitative estimate of drug-likeness (QED) is 0.730. The van der Waals surface area contributed by atoms with Crippen molar-refractivity contribution in [2.75, 3.05) is 26.4 Å². The molecule has 1 N–H and O–H groups in total. The number of benzene rings is 1. The average molecular weight is 339 g/mol. The minimum atomic E-state index is -3.32. The van der Waals surface area contributed by atoms with Gasteiger partial charge >= 0.3 is 6.03 Å². The van der Waals surface area contributed by atoms with E-state index in [1.54, 1.807) is 0 Å². The first-order valence-electron chi connectivity index (χ1n) is 7.37. The SMILES string of the molecule is CN(C)S(=O)(=O)CCCN1C(=O)N[C@H](Cc2ccccc2)C1=O. The maximum absolute atomic E-state index is 12.3. The van der Waals surface area contributed by atoms with Gasteiger partial charge < -0.3 is 5.32 Å². The number of urea groups is 1. The van der Waals surface area contributed by atoms with Gasteiger partial charge in [-0.1, -0.05) is 30.3 Å². The highest BCUT2D eigenvalue weighted by Crippen LogP contribution is 2.13. The van der Waals surface area contributed by atoms with E-state index in [0.717, 1.165) is 14.8 Å². The summed E-state index contributed by atoms with van der Waals surface area (Å²) < 4.78 is 24.5. The lowest BCUT2D eigenvalue weighted by atomic mass is 10.1. The molecule has 2 rings (SSSR count). The predicted octanol–water partition coefficient (Wildman–Crippen LogP) is 0.431. The first-order chi connectivity index (χ1) is 10.8. The highest BCUT2D eigenvalue weighted by molar-refractivity contribution is 7.89. The van der Waals surface area contributed by atoms with Crippen LogP contribution in [0.1, 0.15) is 12.0 Å². The zero-order chi connectivity index (χ0) is 17.0. The Bertz CT molecular complexity index is 673. The van der Waals surface area contributed by atoms with Crippen LogP contribution in [0.15, 0.2) is 30.3 Å². The van der Waals surface area contributed by atoms with Gasteiger partial charge in [0.1, 0.15) is 6.04 Å². The molecule has 0 bridgehead atoms. The van der Waals surface area contributed by atoms with Gasteiger partial charge in [0.2, 0.25) is 10.0 Å². The molecule has 1 heterocycles. The molecule has 126 valence electrons. The van der Waals surface area contributed by atoms with Gasteiger partial charge in [-0.2, -0.15) is 0 Å². The van der Waals surface area contributed by atoms with Crippen molar-refractivity contribution in [3.63, 3.8) is 0 Å². The van der Waals surface area contributed by atoms with E-state index in [-0.39, 0.29) is 24.6 Å². The fourth-order valence-corrected chi connectivity index (χ4v) is 3.22. The van der Waals surface area contributed by atoms with E-state index in [1.165, 1.54) is 14.1 Å². The molecule has 8 heteroatoms. The lowest BCUT2D eigenvalue weighted by Crippen LogP contribution is -2.34. The second-order valence-corrected chi connectivity index (χ2v) is 7.94. The molecule has 0 radical (unpaired) electrons. The average Bonchev–Trinajstić information content (AvgIpc) is 2.75. The molecule has 1 aromatic rings. The van der Waals surface area contributed by atoms with Crippen LogP contribution >= 0.6 is 0 Å². The smallest absolute Gasteiger partial charge is 0.324 e. The van der Waals surface area contributed by atoms with Crippen LogP contribution in [0.25, 0.3) is 0 Å². The number of sulfonamides is 1. The number of carbonyl (C=O) groups is 2. The number of hydrogen-bond donors (Lipinski definition) is 1. The predicted molar refractivity (Wildman–Crippen MR) is 86.3 cm³/mol. The van der Waals surface area contributed by atoms with Crippen LogP contribution in [0.2, 0.25) is 0 Å². The second kappa shape index (κ2) is 7.10. The van der Waals surface area contributed by atoms with E-state index in [9.17, 15) is 18.0 Å². The Hall–Kier alpha value is -1.93. The van der Waals surface area contributed by atoms with E-state index in [4.69, 9.17) is 0 Å². The van der Waals surface area contributed by atoms with Gasteiger partial charge in [0.05, 0.1) is 5.75 Å². The molecule has 0 saturated carbocycles. The van der Waals surface area contributed by atoms with Crippen LogP contribution in [0.5, 0.6) is 0 Å². The van der Waals surface area contributed by atoms with Crippen molar-refractivity contribution in [1.29, 1.82) is 0 Å². The molecular weight excluding hydrogens is 318 g/mol. The van der Waals surface area contributed by atoms with Crippen molar-refractivity contribution in [3.05, 3.63) is 35.9 Å². The molecule has 23 heavy (non-hydrogen) atoms. The summed E-state index contributed by atoms with van der Waals surface area (Å²) in [4.78, 5) is 25.3. The lowest BCUT2D eigenvalue weighted by Gasteiger charge is -2.15. The number of amides is 3. The fraction of sp³-hybridized carbons (Fsp3) is 0.467. The third kappa shape index (κ3) is 4.29. The van der Waals surface area contributed by atoms with Crippen LogP contribution in [-0.4, -0.2) is 62.0 Å². The molecule has 7 nitrogen and oxygen atoms in total. The highest BCUT2D eigenvalue weighted by Gasteiger charge is 2.37. The molecule has 1 aromatic carbocycles. The summed E-state index contributed by atoms with van der Waals surface area (Å²) in [5, 5.41) is 2.65. The summed E-state index contributed by atoms with van der Waals surface area (Å²) in [5.41, 5.74) is 0.961. The molecule has 0 spiro atoms. The summed E-state index contributed by atoms with van der Waals surface area (Å²) in [7, 11) is -0.409. The van der Waals surface area contributed by atoms with Crippen molar-refractivity contribution >= 4 is 22.0 Å². The standard InChI is InChI=1S/C15H21N3O4S/c1-17(2)23(21,22)10-6-9-18-14(19)13(16-15(18)20)11-12-7-4-3-5-8-12/h3-5,7-8,13H,6,9-11H2,1-2H3,(H,16,20)/t13-/m1/s1. The largest absolute Gasteiger partial charge is 0.325 e. The Balaban J connectivity index is 1.91. The zero-order valence-electron chi connectivity index (χ0n) is 13.2. The van der Waals surface area contributed by atoms with Gasteiger partial charge in [0.15, 0.2) is 0 Å². The Morgan fingerprint density at radius 2 is 1.83 bits per heavy atom. The van der Waals surface area contributed by atoms with Gasteiger partial charge in [-0.25, -0.2) is 17.5 Å². The maximum Gasteiger partial charge on any atom is 0.324 e. The van der Waals surface area contributed by atoms with E-state index in [1.807, 2.05) is 30.3 Å². The number of carbonyl (C=O) groups excluding carboxylic acids is 2. The number of imide groups is 1. The number of hydrogen-bond acceptors (Lipinski definition) is 4. The molecule has 0 aliphatic carbocycles. The van der Waals surface area contributed by atoms with E-state index >= 15 is 0 Å². The van der Waals surface area contributed by atoms with Crippen LogP contribution < -0.4 is 5.32 Å². The molecule has 3 amide bonds. The lowest BCUT2D eigenvalue weighted by molar-refractivity contribution is -0.127. The zero-order valence-corrected chi connectivity index (χ0v) is 14.0. The minimum Gasteiger partial charge on any atom is -0.325 e. The van der Waals surface area contributed by atoms with Crippen LogP contribution in [0, 0.1) is 0 Å². The Morgan fingerprint density at radius 1 is 1.17 bits per heavy atom. The molecule has 0 unspecified atom stereocenters. The van der Waals surface area contributed by atoms with Gasteiger partial charge in [-0.05, 0) is 12.0 Å². The van der Waals surface area contributed by atoms with Crippen molar-refractivity contribution in [1.82, 2.24) is 14.5 Å². The van der Waals surface area contributed by atoms with Gasteiger partial charge in [0, 0.05) is 27.1 Å². The van der Waals surface area contributed by atoms with Gasteiger partial charge in [-0.15, -0.1) is 0 Å². The highest BCUT2D eigenvalue weighted by atomic mass is 32.2. The van der Waals surface area contributed by atoms with E-state index < -0.39 is 22.1 Å². The minimum absolute atomic E-state index is 0.0968. The molecular formula is C15H21N3O4S. The summed E-state index contributed by atoms with van der Waals surface area (Å²) in [6.07, 6.45) is 0.648. The van der Waals surface area contributed by atoms with Crippen molar-refractivity contribution < 1.29 is 18.0 Å². The van der Waals surface area contributed by atoms with E-state index in [2.05, 4.69) is 5.32 Å². The molecule has 1 aliphatic heterocycles. The second-order valence-electron chi connectivity index (χ2n) is 5.63. The summed E-state index contributed by atoms with van der Waals surface area (Å²) in [5.74, 6) is -0.401. The molecule has 1 fully saturated rings. The summed E-state index contributed by atoms with van der Waals surface area (Å²) in [6, 6.07) is 8.38. The number of nitrogens with zero attached hydrogens (tertiary/aromatic N) is 2. The Morgan fingerprint density at radius 3 is 2.43 bits per heavy atom. The summed E-state index contributed by atoms with van der Waals surface area (Å²) >= 11 is 0. The number of nitrogens with one attached hydrogen (secondary N) is 1. The van der Waals surface area contributed by atoms with Crippen LogP contribution in [0.3, 0.4) is 0 Å². The summed E-state index contributed by atoms with van der Waals surface area (Å²) in [6.45, 7) is 0.100. The van der Waals surface area contributed by atoms with Crippen LogP contribution in [0.4, 0.5) is 4.79 Å². The molecule has 0 aromatic heterocycles. The fourth-order valence-electron chi connectivity index (χ4n) is 2.36. The third-order valence-electron chi connectivity index (χ3n) is 3.73. The molecule has 1 saturated heterocycles. The Labute approximate surface area is 136 Å². The van der Waals surface area contributed by atoms with E-state index in [0.29, 0.717) is 6.42 Å². The molecule has 1 aliphatic rings. The normalized spacial score (nSPS) is 18.6. The monoisotopic (exact) mass is 339 g/mol. The van der Waals surface area contributed by atoms with Gasteiger partial charge in [-0.3, -0.25) is 9.69 Å². The van der Waals surface area contributed by atoms with Crippen LogP contribution in [-0.2, 0) is 21.2 Å². The number of rotatable bonds is 7. The van der Waals surface area contributed by atoms with Crippen molar-refractivity contribution in [2.24, 2.45) is 0 Å². The first-order valence-corrected chi connectivity index (χ1v) is 8.98. The van der Waals surface area contributed by atoms with Crippen molar-refractivity contribution in [3.8, 4) is 0 Å². The van der Waals surface area contributed by atoms with Crippen molar-refractivity contribution in [2.45, 2.75) is 18.9 Å². The third-order valence-corrected chi connectivity index (χ3v) is 5.65. The topological polar surface area (TPSA) is 86.8 Å². The van der Waals surface area contributed by atoms with Gasteiger partial charge in [0.25, 0.3) is 5.91 Å². The maximum atomic E-state index is 12.3. The first kappa shape index (κ1) is 17.4. The molecule has 1 atom stereocenters.